The van der Waals surface area contributed by atoms with Crippen molar-refractivity contribution in [2.75, 3.05) is 5.32 Å². The first-order valence-electron chi connectivity index (χ1n) is 5.59. The number of nitro groups is 1. The Morgan fingerprint density at radius 1 is 1.30 bits per heavy atom. The second-order valence-electron chi connectivity index (χ2n) is 4.01. The Morgan fingerprint density at radius 3 is 2.70 bits per heavy atom. The van der Waals surface area contributed by atoms with Crippen molar-refractivity contribution in [1.82, 2.24) is 0 Å². The third-order valence-electron chi connectivity index (χ3n) is 2.64. The summed E-state index contributed by atoms with van der Waals surface area (Å²) >= 11 is 9.14. The molecule has 0 heterocycles. The van der Waals surface area contributed by atoms with E-state index in [-0.39, 0.29) is 16.5 Å². The smallest absolute Gasteiger partial charge is 0.288 e. The normalized spacial score (nSPS) is 10.3. The Hall–Kier alpha value is -1.66. The third-order valence-corrected chi connectivity index (χ3v) is 3.71. The highest BCUT2D eigenvalue weighted by Crippen LogP contribution is 2.28. The first kappa shape index (κ1) is 14.7. The molecule has 0 bridgehead atoms. The summed E-state index contributed by atoms with van der Waals surface area (Å²) in [6, 6.07) is 8.73. The van der Waals surface area contributed by atoms with Gasteiger partial charge in [-0.05, 0) is 35.9 Å². The molecule has 0 fully saturated rings. The fraction of sp³-hybridized carbons (Fsp3) is 0.0769. The van der Waals surface area contributed by atoms with Crippen LogP contribution in [0.4, 0.5) is 15.8 Å². The van der Waals surface area contributed by atoms with Crippen molar-refractivity contribution in [3.8, 4) is 0 Å². The van der Waals surface area contributed by atoms with Gasteiger partial charge in [-0.15, -0.1) is 0 Å². The minimum Gasteiger partial charge on any atom is -0.381 e. The fourth-order valence-corrected chi connectivity index (χ4v) is 2.28. The van der Waals surface area contributed by atoms with E-state index in [1.807, 2.05) is 0 Å². The lowest BCUT2D eigenvalue weighted by atomic mass is 10.2. The molecule has 0 aliphatic heterocycles. The van der Waals surface area contributed by atoms with E-state index in [0.29, 0.717) is 12.2 Å². The van der Waals surface area contributed by atoms with Gasteiger partial charge < -0.3 is 5.32 Å². The summed E-state index contributed by atoms with van der Waals surface area (Å²) in [7, 11) is 0. The van der Waals surface area contributed by atoms with Gasteiger partial charge in [0.1, 0.15) is 10.8 Å². The summed E-state index contributed by atoms with van der Waals surface area (Å²) in [6.07, 6.45) is 0. The molecule has 0 saturated heterocycles. The van der Waals surface area contributed by atoms with Crippen LogP contribution in [0.1, 0.15) is 5.56 Å². The van der Waals surface area contributed by atoms with Gasteiger partial charge in [0.05, 0.1) is 4.92 Å². The van der Waals surface area contributed by atoms with Crippen LogP contribution in [-0.2, 0) is 6.54 Å². The minimum atomic E-state index is -0.546. The first-order chi connectivity index (χ1) is 9.47. The summed E-state index contributed by atoms with van der Waals surface area (Å²) in [5.74, 6) is -0.327. The molecule has 0 radical (unpaired) electrons. The van der Waals surface area contributed by atoms with E-state index in [4.69, 9.17) is 11.6 Å². The van der Waals surface area contributed by atoms with Gasteiger partial charge in [-0.1, -0.05) is 27.5 Å². The Kier molecular flexibility index (Phi) is 4.57. The number of benzene rings is 2. The molecule has 4 nitrogen and oxygen atoms in total. The molecule has 2 rings (SSSR count). The zero-order valence-corrected chi connectivity index (χ0v) is 12.4. The summed E-state index contributed by atoms with van der Waals surface area (Å²) < 4.78 is 13.9. The van der Waals surface area contributed by atoms with Crippen molar-refractivity contribution in [3.05, 3.63) is 67.4 Å². The van der Waals surface area contributed by atoms with Crippen LogP contribution in [0, 0.1) is 15.9 Å². The highest BCUT2D eigenvalue weighted by molar-refractivity contribution is 9.10. The molecule has 7 heteroatoms. The maximum atomic E-state index is 13.1. The fourth-order valence-electron chi connectivity index (χ4n) is 1.64. The van der Waals surface area contributed by atoms with Crippen molar-refractivity contribution in [1.29, 1.82) is 0 Å². The average molecular weight is 360 g/mol. The minimum absolute atomic E-state index is 0.0540. The van der Waals surface area contributed by atoms with Crippen LogP contribution in [-0.4, -0.2) is 4.92 Å². The highest BCUT2D eigenvalue weighted by Gasteiger charge is 2.12. The molecule has 0 amide bonds. The van der Waals surface area contributed by atoms with E-state index in [2.05, 4.69) is 21.2 Å². The van der Waals surface area contributed by atoms with Gasteiger partial charge in [-0.3, -0.25) is 10.1 Å². The quantitative estimate of drug-likeness (QED) is 0.632. The molecular formula is C13H9BrClFN2O2. The predicted octanol–water partition coefficient (Wildman–Crippen LogP) is 4.76. The molecule has 2 aromatic carbocycles. The third kappa shape index (κ3) is 3.46. The zero-order valence-electron chi connectivity index (χ0n) is 10.1. The molecule has 0 unspecified atom stereocenters. The Balaban J connectivity index is 2.13. The molecule has 0 aliphatic carbocycles. The van der Waals surface area contributed by atoms with Crippen molar-refractivity contribution in [3.63, 3.8) is 0 Å². The number of nitrogens with one attached hydrogen (secondary N) is 1. The number of nitro benzene ring substituents is 1. The predicted molar refractivity (Wildman–Crippen MR) is 79.5 cm³/mol. The summed E-state index contributed by atoms with van der Waals surface area (Å²) in [6.45, 7) is 0.368. The van der Waals surface area contributed by atoms with Crippen molar-refractivity contribution < 1.29 is 9.31 Å². The SMILES string of the molecule is O=[N+]([O-])c1ccc(NCc2cc(F)ccc2Br)cc1Cl. The molecule has 0 spiro atoms. The van der Waals surface area contributed by atoms with Gasteiger partial charge in [0, 0.05) is 22.8 Å². The molecule has 104 valence electrons. The first-order valence-corrected chi connectivity index (χ1v) is 6.76. The molecule has 2 aromatic rings. The van der Waals surface area contributed by atoms with Crippen LogP contribution >= 0.6 is 27.5 Å². The van der Waals surface area contributed by atoms with E-state index in [9.17, 15) is 14.5 Å². The van der Waals surface area contributed by atoms with Gasteiger partial charge in [0.15, 0.2) is 0 Å². The zero-order chi connectivity index (χ0) is 14.7. The number of halogens is 3. The number of rotatable bonds is 4. The van der Waals surface area contributed by atoms with Gasteiger partial charge in [-0.2, -0.15) is 0 Å². The maximum Gasteiger partial charge on any atom is 0.288 e. The topological polar surface area (TPSA) is 55.2 Å². The summed E-state index contributed by atoms with van der Waals surface area (Å²) in [5, 5.41) is 13.7. The Labute approximate surface area is 127 Å². The highest BCUT2D eigenvalue weighted by atomic mass is 79.9. The van der Waals surface area contributed by atoms with E-state index in [1.165, 1.54) is 24.3 Å². The Bertz CT molecular complexity index is 667. The molecule has 0 atom stereocenters. The van der Waals surface area contributed by atoms with Crippen LogP contribution in [0.15, 0.2) is 40.9 Å². The standard InChI is InChI=1S/C13H9BrClFN2O2/c14-11-3-1-9(16)5-8(11)7-17-10-2-4-13(18(19)20)12(15)6-10/h1-6,17H,7H2. The monoisotopic (exact) mass is 358 g/mol. The van der Waals surface area contributed by atoms with Gasteiger partial charge in [0.2, 0.25) is 0 Å². The van der Waals surface area contributed by atoms with E-state index < -0.39 is 4.92 Å². The lowest BCUT2D eigenvalue weighted by Crippen LogP contribution is -2.01. The van der Waals surface area contributed by atoms with Gasteiger partial charge in [0.25, 0.3) is 5.69 Å². The lowest BCUT2D eigenvalue weighted by molar-refractivity contribution is -0.384. The molecule has 1 N–H and O–H groups in total. The van der Waals surface area contributed by atoms with Gasteiger partial charge in [-0.25, -0.2) is 4.39 Å². The molecule has 20 heavy (non-hydrogen) atoms. The summed E-state index contributed by atoms with van der Waals surface area (Å²) in [4.78, 5) is 10.1. The van der Waals surface area contributed by atoms with Crippen LogP contribution in [0.25, 0.3) is 0 Å². The van der Waals surface area contributed by atoms with Gasteiger partial charge >= 0.3 is 0 Å². The molecule has 0 aliphatic rings. The van der Waals surface area contributed by atoms with E-state index in [0.717, 1.165) is 10.0 Å². The van der Waals surface area contributed by atoms with Crippen LogP contribution < -0.4 is 5.32 Å². The number of hydrogen-bond donors (Lipinski definition) is 1. The van der Waals surface area contributed by atoms with E-state index in [1.54, 1.807) is 12.1 Å². The van der Waals surface area contributed by atoms with Crippen LogP contribution in [0.5, 0.6) is 0 Å². The summed E-state index contributed by atoms with van der Waals surface area (Å²) in [5.41, 5.74) is 1.21. The van der Waals surface area contributed by atoms with Crippen LogP contribution in [0.3, 0.4) is 0 Å². The second kappa shape index (κ2) is 6.19. The molecule has 0 saturated carbocycles. The largest absolute Gasteiger partial charge is 0.381 e. The number of anilines is 1. The average Bonchev–Trinajstić information content (AvgIpc) is 2.39. The van der Waals surface area contributed by atoms with E-state index >= 15 is 0 Å². The number of hydrogen-bond acceptors (Lipinski definition) is 3. The molecular weight excluding hydrogens is 351 g/mol. The Morgan fingerprint density at radius 2 is 2.05 bits per heavy atom. The molecule has 0 aromatic heterocycles. The maximum absolute atomic E-state index is 13.1. The van der Waals surface area contributed by atoms with Crippen molar-refractivity contribution >= 4 is 38.9 Å². The number of nitrogens with zero attached hydrogens (tertiary/aromatic N) is 1. The van der Waals surface area contributed by atoms with Crippen molar-refractivity contribution in [2.24, 2.45) is 0 Å². The lowest BCUT2D eigenvalue weighted by Gasteiger charge is -2.09. The van der Waals surface area contributed by atoms with Crippen LogP contribution in [0.2, 0.25) is 5.02 Å². The van der Waals surface area contributed by atoms with Crippen molar-refractivity contribution in [2.45, 2.75) is 6.54 Å². The second-order valence-corrected chi connectivity index (χ2v) is 5.27.